The van der Waals surface area contributed by atoms with E-state index in [1.54, 1.807) is 0 Å². The van der Waals surface area contributed by atoms with Crippen molar-refractivity contribution in [2.45, 2.75) is 6.42 Å². The van der Waals surface area contributed by atoms with E-state index in [1.165, 1.54) is 71.3 Å². The van der Waals surface area contributed by atoms with E-state index in [9.17, 15) is 0 Å². The van der Waals surface area contributed by atoms with Gasteiger partial charge >= 0.3 is 0 Å². The Bertz CT molecular complexity index is 2300. The molecule has 1 aliphatic heterocycles. The minimum atomic E-state index is 0.890. The van der Waals surface area contributed by atoms with Gasteiger partial charge in [0, 0.05) is 50.9 Å². The normalized spacial score (nSPS) is 12.9. The van der Waals surface area contributed by atoms with Crippen LogP contribution in [0.1, 0.15) is 5.56 Å². The molecule has 6 aromatic carbocycles. The molecule has 0 saturated carbocycles. The van der Waals surface area contributed by atoms with Gasteiger partial charge in [-0.05, 0) is 59.5 Å². The second kappa shape index (κ2) is 7.68. The SMILES string of the molecule is C1=Nc2ccc(-n3c4ccccc4c4c5c(ccc6c7ccccc7n(-c7ccccc7)c65)ccc43)cc2C1. The van der Waals surface area contributed by atoms with Crippen LogP contribution >= 0.6 is 0 Å². The molecule has 0 saturated heterocycles. The summed E-state index contributed by atoms with van der Waals surface area (Å²) >= 11 is 0. The lowest BCUT2D eigenvalue weighted by atomic mass is 10.0. The second-order valence-electron chi connectivity index (χ2n) is 10.4. The van der Waals surface area contributed by atoms with Crippen molar-refractivity contribution in [3.63, 3.8) is 0 Å². The van der Waals surface area contributed by atoms with Gasteiger partial charge in [-0.3, -0.25) is 4.99 Å². The molecule has 0 radical (unpaired) electrons. The standard InChI is InChI=1S/C36H23N3/c1-2-8-25(9-3-1)39-31-12-6-4-10-27(31)28-17-14-23-15-19-33-35(34(23)36(28)39)29-11-5-7-13-32(29)38(33)26-16-18-30-24(22-26)20-21-37-30/h1-19,21-22H,20H2. The summed E-state index contributed by atoms with van der Waals surface area (Å²) in [6.45, 7) is 0. The molecule has 3 nitrogen and oxygen atoms in total. The molecular weight excluding hydrogens is 474 g/mol. The van der Waals surface area contributed by atoms with E-state index in [1.807, 2.05) is 6.21 Å². The number of aromatic nitrogens is 2. The number of benzene rings is 6. The lowest BCUT2D eigenvalue weighted by Crippen LogP contribution is -1.96. The highest BCUT2D eigenvalue weighted by Crippen LogP contribution is 2.43. The molecule has 0 unspecified atom stereocenters. The van der Waals surface area contributed by atoms with Gasteiger partial charge in [0.15, 0.2) is 0 Å². The minimum absolute atomic E-state index is 0.890. The van der Waals surface area contributed by atoms with E-state index in [4.69, 9.17) is 0 Å². The molecule has 3 heterocycles. The Morgan fingerprint density at radius 3 is 2.13 bits per heavy atom. The third-order valence-electron chi connectivity index (χ3n) is 8.33. The lowest BCUT2D eigenvalue weighted by molar-refractivity contribution is 1.17. The number of fused-ring (bicyclic) bond motifs is 10. The summed E-state index contributed by atoms with van der Waals surface area (Å²) < 4.78 is 4.88. The van der Waals surface area contributed by atoms with Gasteiger partial charge in [-0.1, -0.05) is 72.8 Å². The minimum Gasteiger partial charge on any atom is -0.309 e. The highest BCUT2D eigenvalue weighted by atomic mass is 15.0. The third-order valence-corrected chi connectivity index (χ3v) is 8.33. The summed E-state index contributed by atoms with van der Waals surface area (Å²) in [5, 5.41) is 7.67. The molecule has 182 valence electrons. The predicted octanol–water partition coefficient (Wildman–Crippen LogP) is 9.29. The number of hydrogen-bond donors (Lipinski definition) is 0. The van der Waals surface area contributed by atoms with Crippen molar-refractivity contribution >= 4 is 66.3 Å². The van der Waals surface area contributed by atoms with Crippen LogP contribution in [-0.2, 0) is 6.42 Å². The average Bonchev–Trinajstić information content (AvgIpc) is 3.69. The second-order valence-corrected chi connectivity index (χ2v) is 10.4. The van der Waals surface area contributed by atoms with Gasteiger partial charge in [0.05, 0.1) is 27.8 Å². The van der Waals surface area contributed by atoms with Gasteiger partial charge < -0.3 is 9.13 Å². The van der Waals surface area contributed by atoms with Crippen LogP contribution in [0.4, 0.5) is 5.69 Å². The van der Waals surface area contributed by atoms with Gasteiger partial charge in [0.1, 0.15) is 0 Å². The molecule has 0 spiro atoms. The number of para-hydroxylation sites is 3. The molecule has 3 heteroatoms. The molecule has 0 bridgehead atoms. The van der Waals surface area contributed by atoms with Crippen molar-refractivity contribution in [1.82, 2.24) is 9.13 Å². The Hall–Kier alpha value is -5.15. The fourth-order valence-corrected chi connectivity index (χ4v) is 6.69. The van der Waals surface area contributed by atoms with Crippen molar-refractivity contribution in [3.8, 4) is 11.4 Å². The smallest absolute Gasteiger partial charge is 0.0663 e. The van der Waals surface area contributed by atoms with Crippen molar-refractivity contribution in [1.29, 1.82) is 0 Å². The molecule has 2 aromatic heterocycles. The van der Waals surface area contributed by atoms with Gasteiger partial charge in [0.2, 0.25) is 0 Å². The molecule has 0 fully saturated rings. The van der Waals surface area contributed by atoms with Gasteiger partial charge in [-0.15, -0.1) is 0 Å². The zero-order valence-electron chi connectivity index (χ0n) is 21.2. The number of nitrogens with zero attached hydrogens (tertiary/aromatic N) is 3. The fourth-order valence-electron chi connectivity index (χ4n) is 6.69. The Balaban J connectivity index is 1.51. The first-order valence-corrected chi connectivity index (χ1v) is 13.5. The van der Waals surface area contributed by atoms with Crippen LogP contribution in [0.3, 0.4) is 0 Å². The predicted molar refractivity (Wildman–Crippen MR) is 164 cm³/mol. The number of aliphatic imine (C=N–C) groups is 1. The monoisotopic (exact) mass is 497 g/mol. The molecule has 8 aromatic rings. The largest absolute Gasteiger partial charge is 0.309 e. The van der Waals surface area contributed by atoms with E-state index < -0.39 is 0 Å². The van der Waals surface area contributed by atoms with Gasteiger partial charge in [0.25, 0.3) is 0 Å². The fraction of sp³-hybridized carbons (Fsp3) is 0.0278. The van der Waals surface area contributed by atoms with Crippen LogP contribution in [0.2, 0.25) is 0 Å². The summed E-state index contributed by atoms with van der Waals surface area (Å²) in [6.07, 6.45) is 2.90. The van der Waals surface area contributed by atoms with Crippen molar-refractivity contribution < 1.29 is 0 Å². The third kappa shape index (κ3) is 2.79. The van der Waals surface area contributed by atoms with Crippen molar-refractivity contribution in [2.75, 3.05) is 0 Å². The van der Waals surface area contributed by atoms with Crippen LogP contribution < -0.4 is 0 Å². The Kier molecular flexibility index (Phi) is 4.11. The van der Waals surface area contributed by atoms with Crippen molar-refractivity contribution in [3.05, 3.63) is 127 Å². The van der Waals surface area contributed by atoms with Crippen molar-refractivity contribution in [2.24, 2.45) is 4.99 Å². The summed E-state index contributed by atoms with van der Waals surface area (Å²) in [5.41, 5.74) is 9.65. The Morgan fingerprint density at radius 2 is 1.26 bits per heavy atom. The maximum atomic E-state index is 4.54. The summed E-state index contributed by atoms with van der Waals surface area (Å²) in [5.74, 6) is 0. The average molecular weight is 498 g/mol. The van der Waals surface area contributed by atoms with Gasteiger partial charge in [-0.25, -0.2) is 0 Å². The first-order chi connectivity index (χ1) is 19.4. The van der Waals surface area contributed by atoms with Gasteiger partial charge in [-0.2, -0.15) is 0 Å². The topological polar surface area (TPSA) is 22.2 Å². The lowest BCUT2D eigenvalue weighted by Gasteiger charge is -2.12. The van der Waals surface area contributed by atoms with E-state index in [0.29, 0.717) is 0 Å². The van der Waals surface area contributed by atoms with E-state index >= 15 is 0 Å². The molecule has 0 aliphatic carbocycles. The molecule has 9 rings (SSSR count). The summed E-state index contributed by atoms with van der Waals surface area (Å²) in [7, 11) is 0. The Labute approximate surface area is 224 Å². The zero-order chi connectivity index (χ0) is 25.5. The number of hydrogen-bond acceptors (Lipinski definition) is 1. The van der Waals surface area contributed by atoms with E-state index in [0.717, 1.165) is 12.1 Å². The molecule has 39 heavy (non-hydrogen) atoms. The van der Waals surface area contributed by atoms with Crippen LogP contribution in [-0.4, -0.2) is 15.3 Å². The first-order valence-electron chi connectivity index (χ1n) is 13.5. The molecule has 1 aliphatic rings. The van der Waals surface area contributed by atoms with Crippen LogP contribution in [0.25, 0.3) is 65.8 Å². The maximum absolute atomic E-state index is 4.54. The van der Waals surface area contributed by atoms with Crippen LogP contribution in [0.5, 0.6) is 0 Å². The first kappa shape index (κ1) is 20.9. The van der Waals surface area contributed by atoms with Crippen LogP contribution in [0, 0.1) is 0 Å². The maximum Gasteiger partial charge on any atom is 0.0663 e. The molecular formula is C36H23N3. The highest BCUT2D eigenvalue weighted by Gasteiger charge is 2.21. The zero-order valence-corrected chi connectivity index (χ0v) is 21.2. The van der Waals surface area contributed by atoms with E-state index in [-0.39, 0.29) is 0 Å². The number of rotatable bonds is 2. The van der Waals surface area contributed by atoms with Crippen LogP contribution in [0.15, 0.2) is 126 Å². The highest BCUT2D eigenvalue weighted by molar-refractivity contribution is 6.30. The van der Waals surface area contributed by atoms with E-state index in [2.05, 4.69) is 135 Å². The Morgan fingerprint density at radius 1 is 0.513 bits per heavy atom. The summed E-state index contributed by atoms with van der Waals surface area (Å²) in [6, 6.07) is 44.2. The summed E-state index contributed by atoms with van der Waals surface area (Å²) in [4.78, 5) is 4.54. The molecule has 0 amide bonds. The molecule has 0 atom stereocenters. The molecule has 0 N–H and O–H groups in total. The quantitative estimate of drug-likeness (QED) is 0.227.